The molecule has 0 saturated carbocycles. The Morgan fingerprint density at radius 2 is 2.19 bits per heavy atom. The fourth-order valence-electron chi connectivity index (χ4n) is 3.55. The number of thioether (sulfide) groups is 1. The molecule has 1 atom stereocenters. The molecule has 1 unspecified atom stereocenters. The molecule has 0 bridgehead atoms. The molecule has 0 saturated heterocycles. The van der Waals surface area contributed by atoms with Crippen molar-refractivity contribution < 1.29 is 4.79 Å². The normalized spacial score (nSPS) is 16.3. The smallest absolute Gasteiger partial charge is 0.234 e. The van der Waals surface area contributed by atoms with Crippen LogP contribution in [0, 0.1) is 19.8 Å². The second kappa shape index (κ2) is 7.60. The lowest BCUT2D eigenvalue weighted by Crippen LogP contribution is -2.15. The van der Waals surface area contributed by atoms with Gasteiger partial charge in [0.15, 0.2) is 0 Å². The zero-order valence-corrected chi connectivity index (χ0v) is 17.5. The topological polar surface area (TPSA) is 54.9 Å². The molecule has 1 aliphatic carbocycles. The number of aromatic nitrogens is 2. The van der Waals surface area contributed by atoms with Crippen molar-refractivity contribution in [2.24, 2.45) is 5.92 Å². The van der Waals surface area contributed by atoms with Gasteiger partial charge in [0.1, 0.15) is 16.2 Å². The maximum atomic E-state index is 12.5. The summed E-state index contributed by atoms with van der Waals surface area (Å²) in [6, 6.07) is 6.10. The van der Waals surface area contributed by atoms with Crippen LogP contribution in [0.4, 0.5) is 5.69 Å². The summed E-state index contributed by atoms with van der Waals surface area (Å²) >= 11 is 3.30. The van der Waals surface area contributed by atoms with Gasteiger partial charge < -0.3 is 5.32 Å². The molecule has 0 fully saturated rings. The van der Waals surface area contributed by atoms with Gasteiger partial charge in [-0.25, -0.2) is 9.97 Å². The highest BCUT2D eigenvalue weighted by molar-refractivity contribution is 8.00. The number of carbonyl (C=O) groups is 1. The summed E-state index contributed by atoms with van der Waals surface area (Å²) in [5.74, 6) is 1.08. The molecule has 2 heterocycles. The minimum Gasteiger partial charge on any atom is -0.325 e. The number of aryl methyl sites for hydroxylation is 3. The van der Waals surface area contributed by atoms with E-state index in [2.05, 4.69) is 28.3 Å². The van der Waals surface area contributed by atoms with Crippen LogP contribution in [-0.2, 0) is 17.6 Å². The van der Waals surface area contributed by atoms with Crippen LogP contribution in [0.25, 0.3) is 10.2 Å². The Balaban J connectivity index is 1.52. The molecule has 4 nitrogen and oxygen atoms in total. The average Bonchev–Trinajstić information content (AvgIpc) is 3.01. The maximum absolute atomic E-state index is 12.5. The van der Waals surface area contributed by atoms with Crippen LogP contribution in [0.15, 0.2) is 29.6 Å². The average molecular weight is 398 g/mol. The standard InChI is InChI=1S/C21H23N3OS2/c1-12-4-6-14(3)16(8-12)24-18(25)10-26-20-19-15-7-5-13(2)9-17(15)27-21(19)23-11-22-20/h4,6,8,11,13H,5,7,9-10H2,1-3H3,(H,24,25). The molecule has 1 aromatic carbocycles. The van der Waals surface area contributed by atoms with Gasteiger partial charge in [0.25, 0.3) is 0 Å². The number of hydrogen-bond donors (Lipinski definition) is 1. The van der Waals surface area contributed by atoms with E-state index in [-0.39, 0.29) is 5.91 Å². The van der Waals surface area contributed by atoms with E-state index in [1.54, 1.807) is 17.7 Å². The third-order valence-corrected chi connectivity index (χ3v) is 7.22. The van der Waals surface area contributed by atoms with Crippen molar-refractivity contribution in [1.29, 1.82) is 0 Å². The summed E-state index contributed by atoms with van der Waals surface area (Å²) in [4.78, 5) is 24.0. The Morgan fingerprint density at radius 1 is 1.33 bits per heavy atom. The van der Waals surface area contributed by atoms with E-state index in [9.17, 15) is 4.79 Å². The number of nitrogens with one attached hydrogen (secondary N) is 1. The molecule has 0 radical (unpaired) electrons. The van der Waals surface area contributed by atoms with Crippen LogP contribution in [0.1, 0.15) is 34.9 Å². The molecule has 1 amide bonds. The van der Waals surface area contributed by atoms with Gasteiger partial charge in [-0.3, -0.25) is 4.79 Å². The Labute approximate surface area is 167 Å². The van der Waals surface area contributed by atoms with E-state index < -0.39 is 0 Å². The lowest BCUT2D eigenvalue weighted by atomic mass is 9.89. The van der Waals surface area contributed by atoms with Gasteiger partial charge >= 0.3 is 0 Å². The minimum absolute atomic E-state index is 0.00168. The second-order valence-electron chi connectivity index (χ2n) is 7.37. The van der Waals surface area contributed by atoms with Gasteiger partial charge in [0.2, 0.25) is 5.91 Å². The second-order valence-corrected chi connectivity index (χ2v) is 9.41. The first kappa shape index (κ1) is 18.4. The Hall–Kier alpha value is -1.92. The molecular formula is C21H23N3OS2. The van der Waals surface area contributed by atoms with Gasteiger partial charge in [-0.2, -0.15) is 0 Å². The highest BCUT2D eigenvalue weighted by Crippen LogP contribution is 2.40. The molecular weight excluding hydrogens is 374 g/mol. The number of anilines is 1. The van der Waals surface area contributed by atoms with Crippen LogP contribution in [0.3, 0.4) is 0 Å². The zero-order chi connectivity index (χ0) is 19.0. The highest BCUT2D eigenvalue weighted by Gasteiger charge is 2.23. The zero-order valence-electron chi connectivity index (χ0n) is 15.8. The van der Waals surface area contributed by atoms with Crippen LogP contribution in [-0.4, -0.2) is 21.6 Å². The van der Waals surface area contributed by atoms with Gasteiger partial charge in [-0.05, 0) is 61.8 Å². The van der Waals surface area contributed by atoms with Crippen molar-refractivity contribution in [2.45, 2.75) is 45.1 Å². The van der Waals surface area contributed by atoms with Crippen LogP contribution >= 0.6 is 23.1 Å². The molecule has 0 spiro atoms. The Morgan fingerprint density at radius 3 is 3.04 bits per heavy atom. The van der Waals surface area contributed by atoms with Crippen molar-refractivity contribution in [2.75, 3.05) is 11.1 Å². The maximum Gasteiger partial charge on any atom is 0.234 e. The minimum atomic E-state index is -0.00168. The summed E-state index contributed by atoms with van der Waals surface area (Å²) in [6.45, 7) is 6.35. The molecule has 4 rings (SSSR count). The number of fused-ring (bicyclic) bond motifs is 3. The summed E-state index contributed by atoms with van der Waals surface area (Å²) in [5, 5.41) is 5.14. The van der Waals surface area contributed by atoms with Crippen LogP contribution < -0.4 is 5.32 Å². The van der Waals surface area contributed by atoms with Crippen LogP contribution in [0.2, 0.25) is 0 Å². The van der Waals surface area contributed by atoms with E-state index >= 15 is 0 Å². The quantitative estimate of drug-likeness (QED) is 0.488. The molecule has 140 valence electrons. The molecule has 0 aliphatic heterocycles. The predicted octanol–water partition coefficient (Wildman–Crippen LogP) is 5.16. The molecule has 6 heteroatoms. The first-order valence-electron chi connectivity index (χ1n) is 9.26. The van der Waals surface area contributed by atoms with Gasteiger partial charge in [0.05, 0.1) is 5.75 Å². The molecule has 2 aromatic heterocycles. The van der Waals surface area contributed by atoms with E-state index in [0.717, 1.165) is 45.4 Å². The fraction of sp³-hybridized carbons (Fsp3) is 0.381. The van der Waals surface area contributed by atoms with Crippen molar-refractivity contribution in [3.63, 3.8) is 0 Å². The summed E-state index contributed by atoms with van der Waals surface area (Å²) in [5.41, 5.74) is 4.51. The molecule has 27 heavy (non-hydrogen) atoms. The summed E-state index contributed by atoms with van der Waals surface area (Å²) < 4.78 is 0. The summed E-state index contributed by atoms with van der Waals surface area (Å²) in [7, 11) is 0. The van der Waals surface area contributed by atoms with E-state index in [1.807, 2.05) is 26.0 Å². The molecule has 1 aliphatic rings. The number of hydrogen-bond acceptors (Lipinski definition) is 5. The number of thiophene rings is 1. The largest absolute Gasteiger partial charge is 0.325 e. The van der Waals surface area contributed by atoms with Crippen LogP contribution in [0.5, 0.6) is 0 Å². The van der Waals surface area contributed by atoms with Crippen molar-refractivity contribution in [1.82, 2.24) is 9.97 Å². The van der Waals surface area contributed by atoms with Gasteiger partial charge in [-0.1, -0.05) is 30.8 Å². The fourth-order valence-corrected chi connectivity index (χ4v) is 5.79. The van der Waals surface area contributed by atoms with Crippen molar-refractivity contribution in [3.05, 3.63) is 46.1 Å². The van der Waals surface area contributed by atoms with E-state index in [1.165, 1.54) is 34.0 Å². The van der Waals surface area contributed by atoms with Gasteiger partial charge in [-0.15, -0.1) is 11.3 Å². The van der Waals surface area contributed by atoms with Crippen molar-refractivity contribution >= 4 is 44.9 Å². The first-order valence-corrected chi connectivity index (χ1v) is 11.1. The Bertz CT molecular complexity index is 1010. The van der Waals surface area contributed by atoms with E-state index in [0.29, 0.717) is 5.75 Å². The third-order valence-electron chi connectivity index (χ3n) is 5.06. The monoisotopic (exact) mass is 397 g/mol. The first-order chi connectivity index (χ1) is 13.0. The lowest BCUT2D eigenvalue weighted by molar-refractivity contribution is -0.113. The third kappa shape index (κ3) is 3.87. The number of benzene rings is 1. The predicted molar refractivity (Wildman–Crippen MR) is 114 cm³/mol. The van der Waals surface area contributed by atoms with E-state index in [4.69, 9.17) is 0 Å². The SMILES string of the molecule is Cc1ccc(C)c(NC(=O)CSc2ncnc3sc4c(c23)CCC(C)C4)c1. The lowest BCUT2D eigenvalue weighted by Gasteiger charge is -2.18. The summed E-state index contributed by atoms with van der Waals surface area (Å²) in [6.07, 6.45) is 5.06. The number of carbonyl (C=O) groups excluding carboxylic acids is 1. The van der Waals surface area contributed by atoms with Gasteiger partial charge in [0, 0.05) is 16.0 Å². The van der Waals surface area contributed by atoms with Crippen molar-refractivity contribution in [3.8, 4) is 0 Å². The number of nitrogens with zero attached hydrogens (tertiary/aromatic N) is 2. The highest BCUT2D eigenvalue weighted by atomic mass is 32.2. The Kier molecular flexibility index (Phi) is 5.19. The molecule has 1 N–H and O–H groups in total. The number of rotatable bonds is 4. The molecule has 3 aromatic rings. The number of amides is 1.